The summed E-state index contributed by atoms with van der Waals surface area (Å²) in [6.45, 7) is 9.84. The van der Waals surface area contributed by atoms with Gasteiger partial charge in [0, 0.05) is 24.1 Å². The van der Waals surface area contributed by atoms with Gasteiger partial charge in [-0.25, -0.2) is 0 Å². The van der Waals surface area contributed by atoms with Crippen LogP contribution in [0, 0.1) is 6.92 Å². The van der Waals surface area contributed by atoms with Crippen LogP contribution in [-0.4, -0.2) is 12.6 Å². The largest absolute Gasteiger partial charge is 0.493 e. The Morgan fingerprint density at radius 2 is 1.89 bits per heavy atom. The third kappa shape index (κ3) is 2.51. The maximum absolute atomic E-state index is 6.05. The molecule has 1 aliphatic heterocycles. The second kappa shape index (κ2) is 4.52. The number of benzene rings is 1. The summed E-state index contributed by atoms with van der Waals surface area (Å²) < 4.78 is 6.05. The number of rotatable bonds is 2. The lowest BCUT2D eigenvalue weighted by molar-refractivity contribution is 0.245. The van der Waals surface area contributed by atoms with Crippen molar-refractivity contribution in [3.05, 3.63) is 28.8 Å². The first-order valence-corrected chi connectivity index (χ1v) is 7.49. The lowest BCUT2D eigenvalue weighted by Gasteiger charge is -2.33. The standard InChI is InChI=1S/C17H25NO/c1-11-5-8-13(17(2,3)4)16-15(11)14(9-10-19-16)18-12-6-7-12/h5,8,12,14,18H,6-7,9-10H2,1-4H3. The Balaban J connectivity index is 2.04. The average molecular weight is 259 g/mol. The number of nitrogens with one attached hydrogen (secondary N) is 1. The molecule has 19 heavy (non-hydrogen) atoms. The number of hydrogen-bond donors (Lipinski definition) is 1. The third-order valence-electron chi connectivity index (χ3n) is 4.24. The predicted octanol–water partition coefficient (Wildman–Crippen LogP) is 3.87. The predicted molar refractivity (Wildman–Crippen MR) is 78.9 cm³/mol. The van der Waals surface area contributed by atoms with E-state index in [4.69, 9.17) is 4.74 Å². The van der Waals surface area contributed by atoms with Gasteiger partial charge in [0.15, 0.2) is 0 Å². The van der Waals surface area contributed by atoms with Gasteiger partial charge >= 0.3 is 0 Å². The van der Waals surface area contributed by atoms with E-state index in [9.17, 15) is 0 Å². The van der Waals surface area contributed by atoms with Gasteiger partial charge in [0.2, 0.25) is 0 Å². The van der Waals surface area contributed by atoms with E-state index < -0.39 is 0 Å². The summed E-state index contributed by atoms with van der Waals surface area (Å²) in [4.78, 5) is 0. The van der Waals surface area contributed by atoms with Crippen molar-refractivity contribution in [2.45, 2.75) is 64.5 Å². The summed E-state index contributed by atoms with van der Waals surface area (Å²) in [5, 5.41) is 3.79. The lowest BCUT2D eigenvalue weighted by atomic mass is 9.82. The van der Waals surface area contributed by atoms with Gasteiger partial charge in [0.1, 0.15) is 5.75 Å². The maximum atomic E-state index is 6.05. The van der Waals surface area contributed by atoms with Crippen LogP contribution in [0.3, 0.4) is 0 Å². The molecule has 3 rings (SSSR count). The number of hydrogen-bond acceptors (Lipinski definition) is 2. The molecule has 0 spiro atoms. The highest BCUT2D eigenvalue weighted by molar-refractivity contribution is 5.51. The van der Waals surface area contributed by atoms with Crippen molar-refractivity contribution in [2.75, 3.05) is 6.61 Å². The summed E-state index contributed by atoms with van der Waals surface area (Å²) >= 11 is 0. The quantitative estimate of drug-likeness (QED) is 0.870. The molecule has 0 amide bonds. The van der Waals surface area contributed by atoms with Gasteiger partial charge < -0.3 is 10.1 Å². The molecule has 1 aromatic carbocycles. The molecule has 2 nitrogen and oxygen atoms in total. The van der Waals surface area contributed by atoms with E-state index in [0.717, 1.165) is 24.8 Å². The zero-order chi connectivity index (χ0) is 13.6. The van der Waals surface area contributed by atoms with Crippen molar-refractivity contribution in [3.8, 4) is 5.75 Å². The van der Waals surface area contributed by atoms with Crippen molar-refractivity contribution in [1.82, 2.24) is 5.32 Å². The van der Waals surface area contributed by atoms with Crippen LogP contribution in [0.2, 0.25) is 0 Å². The summed E-state index contributed by atoms with van der Waals surface area (Å²) in [6.07, 6.45) is 3.77. The molecule has 1 N–H and O–H groups in total. The maximum Gasteiger partial charge on any atom is 0.128 e. The van der Waals surface area contributed by atoms with Gasteiger partial charge in [0.05, 0.1) is 6.61 Å². The highest BCUT2D eigenvalue weighted by atomic mass is 16.5. The Hall–Kier alpha value is -1.02. The van der Waals surface area contributed by atoms with Crippen LogP contribution in [0.15, 0.2) is 12.1 Å². The molecule has 2 heteroatoms. The summed E-state index contributed by atoms with van der Waals surface area (Å²) in [5.41, 5.74) is 4.25. The second-order valence-electron chi connectivity index (χ2n) is 7.05. The topological polar surface area (TPSA) is 21.3 Å². The SMILES string of the molecule is Cc1ccc(C(C)(C)C)c2c1C(NC1CC1)CCO2. The average Bonchev–Trinajstić information content (AvgIpc) is 3.12. The molecule has 1 heterocycles. The molecule has 2 aliphatic rings. The summed E-state index contributed by atoms with van der Waals surface area (Å²) in [5.74, 6) is 1.15. The van der Waals surface area contributed by atoms with Crippen molar-refractivity contribution in [3.63, 3.8) is 0 Å². The zero-order valence-corrected chi connectivity index (χ0v) is 12.5. The molecule has 0 bridgehead atoms. The Bertz CT molecular complexity index is 483. The first-order valence-electron chi connectivity index (χ1n) is 7.49. The summed E-state index contributed by atoms with van der Waals surface area (Å²) in [6, 6.07) is 5.73. The van der Waals surface area contributed by atoms with Crippen LogP contribution < -0.4 is 10.1 Å². The molecule has 1 saturated carbocycles. The number of ether oxygens (including phenoxy) is 1. The molecular weight excluding hydrogens is 234 g/mol. The minimum Gasteiger partial charge on any atom is -0.493 e. The second-order valence-corrected chi connectivity index (χ2v) is 7.05. The van der Waals surface area contributed by atoms with Crippen molar-refractivity contribution >= 4 is 0 Å². The Labute approximate surface area is 116 Å². The minimum absolute atomic E-state index is 0.138. The minimum atomic E-state index is 0.138. The molecule has 0 radical (unpaired) electrons. The summed E-state index contributed by atoms with van der Waals surface area (Å²) in [7, 11) is 0. The highest BCUT2D eigenvalue weighted by Crippen LogP contribution is 2.43. The monoisotopic (exact) mass is 259 g/mol. The van der Waals surface area contributed by atoms with E-state index in [1.54, 1.807) is 0 Å². The van der Waals surface area contributed by atoms with E-state index in [1.165, 1.54) is 29.5 Å². The molecule has 1 unspecified atom stereocenters. The highest BCUT2D eigenvalue weighted by Gasteiger charge is 2.32. The van der Waals surface area contributed by atoms with Crippen LogP contribution in [0.5, 0.6) is 5.75 Å². The van der Waals surface area contributed by atoms with Crippen LogP contribution >= 0.6 is 0 Å². The smallest absolute Gasteiger partial charge is 0.128 e. The lowest BCUT2D eigenvalue weighted by Crippen LogP contribution is -2.30. The van der Waals surface area contributed by atoms with Crippen molar-refractivity contribution in [1.29, 1.82) is 0 Å². The molecule has 1 aliphatic carbocycles. The Kier molecular flexibility index (Phi) is 3.09. The fourth-order valence-corrected chi connectivity index (χ4v) is 3.00. The fraction of sp³-hybridized carbons (Fsp3) is 0.647. The molecular formula is C17H25NO. The third-order valence-corrected chi connectivity index (χ3v) is 4.24. The van der Waals surface area contributed by atoms with E-state index in [0.29, 0.717) is 6.04 Å². The van der Waals surface area contributed by atoms with Gasteiger partial charge in [-0.1, -0.05) is 32.9 Å². The molecule has 104 valence electrons. The van der Waals surface area contributed by atoms with Crippen LogP contribution in [0.1, 0.15) is 62.8 Å². The first kappa shape index (κ1) is 13.0. The molecule has 0 saturated heterocycles. The zero-order valence-electron chi connectivity index (χ0n) is 12.5. The Morgan fingerprint density at radius 1 is 1.16 bits per heavy atom. The van der Waals surface area contributed by atoms with Crippen LogP contribution in [-0.2, 0) is 5.41 Å². The number of aryl methyl sites for hydroxylation is 1. The van der Waals surface area contributed by atoms with E-state index in [1.807, 2.05) is 0 Å². The van der Waals surface area contributed by atoms with Crippen molar-refractivity contribution < 1.29 is 4.74 Å². The number of fused-ring (bicyclic) bond motifs is 1. The fourth-order valence-electron chi connectivity index (χ4n) is 3.00. The van der Waals surface area contributed by atoms with Gasteiger partial charge in [-0.05, 0) is 36.3 Å². The Morgan fingerprint density at radius 3 is 2.53 bits per heavy atom. The molecule has 1 atom stereocenters. The molecule has 1 aromatic rings. The van der Waals surface area contributed by atoms with Gasteiger partial charge in [-0.2, -0.15) is 0 Å². The van der Waals surface area contributed by atoms with E-state index >= 15 is 0 Å². The van der Waals surface area contributed by atoms with Gasteiger partial charge in [-0.15, -0.1) is 0 Å². The molecule has 1 fully saturated rings. The van der Waals surface area contributed by atoms with Gasteiger partial charge in [-0.3, -0.25) is 0 Å². The molecule has 0 aromatic heterocycles. The van der Waals surface area contributed by atoms with Crippen LogP contribution in [0.25, 0.3) is 0 Å². The normalized spacial score (nSPS) is 22.8. The van der Waals surface area contributed by atoms with E-state index in [2.05, 4.69) is 45.1 Å². The van der Waals surface area contributed by atoms with Gasteiger partial charge in [0.25, 0.3) is 0 Å². The van der Waals surface area contributed by atoms with Crippen molar-refractivity contribution in [2.24, 2.45) is 0 Å². The van der Waals surface area contributed by atoms with E-state index in [-0.39, 0.29) is 5.41 Å². The van der Waals surface area contributed by atoms with Crippen LogP contribution in [0.4, 0.5) is 0 Å². The first-order chi connectivity index (χ1) is 8.97.